The van der Waals surface area contributed by atoms with Crippen molar-refractivity contribution in [3.63, 3.8) is 0 Å². The van der Waals surface area contributed by atoms with Gasteiger partial charge in [-0.25, -0.2) is 8.78 Å². The Morgan fingerprint density at radius 2 is 2.18 bits per heavy atom. The zero-order chi connectivity index (χ0) is 15.7. The summed E-state index contributed by atoms with van der Waals surface area (Å²) < 4.78 is 34.0. The van der Waals surface area contributed by atoms with E-state index in [0.717, 1.165) is 23.7 Å². The van der Waals surface area contributed by atoms with Gasteiger partial charge in [0.2, 0.25) is 0 Å². The first kappa shape index (κ1) is 15.1. The van der Waals surface area contributed by atoms with Crippen LogP contribution in [0.5, 0.6) is 0 Å². The predicted molar refractivity (Wildman–Crippen MR) is 78.2 cm³/mol. The lowest BCUT2D eigenvalue weighted by atomic mass is 10.0. The average Bonchev–Trinajstić information content (AvgIpc) is 3.09. The van der Waals surface area contributed by atoms with Crippen LogP contribution < -0.4 is 5.32 Å². The number of aryl methyl sites for hydroxylation is 1. The molecule has 1 aliphatic heterocycles. The summed E-state index contributed by atoms with van der Waals surface area (Å²) in [5.74, 6) is -1.67. The Balaban J connectivity index is 1.70. The van der Waals surface area contributed by atoms with Gasteiger partial charge in [0.05, 0.1) is 12.3 Å². The molecule has 1 saturated heterocycles. The van der Waals surface area contributed by atoms with E-state index in [-0.39, 0.29) is 12.1 Å². The molecule has 6 heteroatoms. The minimum atomic E-state index is -0.838. The normalized spacial score (nSPS) is 21.5. The average molecular weight is 307 g/mol. The molecule has 2 heterocycles. The van der Waals surface area contributed by atoms with Crippen molar-refractivity contribution in [2.45, 2.75) is 32.0 Å². The molecule has 118 valence electrons. The summed E-state index contributed by atoms with van der Waals surface area (Å²) >= 11 is 0. The fourth-order valence-electron chi connectivity index (χ4n) is 2.78. The van der Waals surface area contributed by atoms with Gasteiger partial charge in [0.1, 0.15) is 0 Å². The van der Waals surface area contributed by atoms with Crippen LogP contribution in [-0.2, 0) is 18.3 Å². The Morgan fingerprint density at radius 3 is 2.86 bits per heavy atom. The highest BCUT2D eigenvalue weighted by molar-refractivity contribution is 5.23. The zero-order valence-corrected chi connectivity index (χ0v) is 12.6. The van der Waals surface area contributed by atoms with Gasteiger partial charge < -0.3 is 10.1 Å². The maximum Gasteiger partial charge on any atom is 0.159 e. The Kier molecular flexibility index (Phi) is 4.22. The minimum Gasteiger partial charge on any atom is -0.372 e. The van der Waals surface area contributed by atoms with Crippen molar-refractivity contribution in [2.75, 3.05) is 6.61 Å². The second kappa shape index (κ2) is 6.14. The number of halogens is 2. The lowest BCUT2D eigenvalue weighted by molar-refractivity contribution is 0.0981. The standard InChI is InChI=1S/C16H19F2N3O/c1-10-12(9-20-21(10)2)8-19-15-5-6-22-16(15)11-3-4-13(17)14(18)7-11/h3-4,7,9,15-16,19H,5-6,8H2,1-2H3. The van der Waals surface area contributed by atoms with Gasteiger partial charge in [0.25, 0.3) is 0 Å². The Hall–Kier alpha value is -1.79. The molecule has 1 aliphatic rings. The fourth-order valence-corrected chi connectivity index (χ4v) is 2.78. The van der Waals surface area contributed by atoms with E-state index in [2.05, 4.69) is 10.4 Å². The Bertz CT molecular complexity index is 671. The molecular weight excluding hydrogens is 288 g/mol. The lowest BCUT2D eigenvalue weighted by Crippen LogP contribution is -2.31. The van der Waals surface area contributed by atoms with Gasteiger partial charge in [0, 0.05) is 37.5 Å². The van der Waals surface area contributed by atoms with E-state index in [1.807, 2.05) is 24.9 Å². The zero-order valence-electron chi connectivity index (χ0n) is 12.6. The number of nitrogens with zero attached hydrogens (tertiary/aromatic N) is 2. The molecule has 0 bridgehead atoms. The van der Waals surface area contributed by atoms with E-state index in [1.165, 1.54) is 6.07 Å². The maximum absolute atomic E-state index is 13.4. The van der Waals surface area contributed by atoms with E-state index in [0.29, 0.717) is 18.7 Å². The van der Waals surface area contributed by atoms with Crippen LogP contribution in [0.4, 0.5) is 8.78 Å². The first-order valence-electron chi connectivity index (χ1n) is 7.33. The number of rotatable bonds is 4. The van der Waals surface area contributed by atoms with Crippen LogP contribution in [0.2, 0.25) is 0 Å². The van der Waals surface area contributed by atoms with Gasteiger partial charge in [-0.2, -0.15) is 5.10 Å². The summed E-state index contributed by atoms with van der Waals surface area (Å²) in [6, 6.07) is 4.02. The molecular formula is C16H19F2N3O. The molecule has 1 N–H and O–H groups in total. The third kappa shape index (κ3) is 2.89. The second-order valence-electron chi connectivity index (χ2n) is 5.62. The third-order valence-electron chi connectivity index (χ3n) is 4.26. The number of aromatic nitrogens is 2. The molecule has 4 nitrogen and oxygen atoms in total. The lowest BCUT2D eigenvalue weighted by Gasteiger charge is -2.20. The molecule has 1 aromatic carbocycles. The van der Waals surface area contributed by atoms with Crippen LogP contribution in [0.1, 0.15) is 29.3 Å². The van der Waals surface area contributed by atoms with E-state index in [1.54, 1.807) is 6.07 Å². The van der Waals surface area contributed by atoms with Crippen LogP contribution >= 0.6 is 0 Å². The first-order valence-corrected chi connectivity index (χ1v) is 7.33. The van der Waals surface area contributed by atoms with Gasteiger partial charge in [-0.05, 0) is 31.0 Å². The highest BCUT2D eigenvalue weighted by atomic mass is 19.2. The molecule has 3 rings (SSSR count). The topological polar surface area (TPSA) is 39.1 Å². The quantitative estimate of drug-likeness (QED) is 0.944. The summed E-state index contributed by atoms with van der Waals surface area (Å²) in [6.45, 7) is 3.29. The number of ether oxygens (including phenoxy) is 1. The predicted octanol–water partition coefficient (Wildman–Crippen LogP) is 2.63. The van der Waals surface area contributed by atoms with E-state index < -0.39 is 11.6 Å². The summed E-state index contributed by atoms with van der Waals surface area (Å²) in [4.78, 5) is 0. The van der Waals surface area contributed by atoms with Gasteiger partial charge in [0.15, 0.2) is 11.6 Å². The van der Waals surface area contributed by atoms with Gasteiger partial charge in [-0.3, -0.25) is 4.68 Å². The molecule has 2 unspecified atom stereocenters. The summed E-state index contributed by atoms with van der Waals surface area (Å²) in [6.07, 6.45) is 2.42. The first-order chi connectivity index (χ1) is 10.6. The van der Waals surface area contributed by atoms with Crippen molar-refractivity contribution in [1.82, 2.24) is 15.1 Å². The minimum absolute atomic E-state index is 0.0736. The van der Waals surface area contributed by atoms with Crippen molar-refractivity contribution in [2.24, 2.45) is 7.05 Å². The van der Waals surface area contributed by atoms with E-state index in [9.17, 15) is 8.78 Å². The largest absolute Gasteiger partial charge is 0.372 e. The number of hydrogen-bond acceptors (Lipinski definition) is 3. The number of hydrogen-bond donors (Lipinski definition) is 1. The fraction of sp³-hybridized carbons (Fsp3) is 0.438. The van der Waals surface area contributed by atoms with Crippen molar-refractivity contribution in [3.8, 4) is 0 Å². The summed E-state index contributed by atoms with van der Waals surface area (Å²) in [5.41, 5.74) is 2.89. The van der Waals surface area contributed by atoms with Gasteiger partial charge in [-0.1, -0.05) is 6.07 Å². The molecule has 1 aromatic heterocycles. The molecule has 2 aromatic rings. The van der Waals surface area contributed by atoms with Crippen molar-refractivity contribution < 1.29 is 13.5 Å². The van der Waals surface area contributed by atoms with Crippen LogP contribution in [0.3, 0.4) is 0 Å². The molecule has 0 saturated carbocycles. The molecule has 2 atom stereocenters. The number of benzene rings is 1. The second-order valence-corrected chi connectivity index (χ2v) is 5.62. The van der Waals surface area contributed by atoms with Crippen LogP contribution in [-0.4, -0.2) is 22.4 Å². The maximum atomic E-state index is 13.4. The SMILES string of the molecule is Cc1c(CNC2CCOC2c2ccc(F)c(F)c2)cnn1C. The van der Waals surface area contributed by atoms with E-state index in [4.69, 9.17) is 4.74 Å². The summed E-state index contributed by atoms with van der Waals surface area (Å²) in [5, 5.41) is 7.65. The van der Waals surface area contributed by atoms with Crippen LogP contribution in [0.15, 0.2) is 24.4 Å². The van der Waals surface area contributed by atoms with Crippen LogP contribution in [0, 0.1) is 18.6 Å². The van der Waals surface area contributed by atoms with Gasteiger partial charge >= 0.3 is 0 Å². The molecule has 0 radical (unpaired) electrons. The summed E-state index contributed by atoms with van der Waals surface area (Å²) in [7, 11) is 1.90. The molecule has 0 amide bonds. The smallest absolute Gasteiger partial charge is 0.159 e. The highest BCUT2D eigenvalue weighted by Gasteiger charge is 2.30. The molecule has 0 aliphatic carbocycles. The van der Waals surface area contributed by atoms with Gasteiger partial charge in [-0.15, -0.1) is 0 Å². The molecule has 22 heavy (non-hydrogen) atoms. The van der Waals surface area contributed by atoms with Crippen molar-refractivity contribution in [1.29, 1.82) is 0 Å². The monoisotopic (exact) mass is 307 g/mol. The van der Waals surface area contributed by atoms with E-state index >= 15 is 0 Å². The molecule has 0 spiro atoms. The van der Waals surface area contributed by atoms with Crippen molar-refractivity contribution in [3.05, 3.63) is 52.9 Å². The van der Waals surface area contributed by atoms with Crippen LogP contribution in [0.25, 0.3) is 0 Å². The Morgan fingerprint density at radius 1 is 1.36 bits per heavy atom. The highest BCUT2D eigenvalue weighted by Crippen LogP contribution is 2.30. The Labute approximate surface area is 128 Å². The number of nitrogens with one attached hydrogen (secondary N) is 1. The molecule has 1 fully saturated rings. The van der Waals surface area contributed by atoms with Crippen molar-refractivity contribution >= 4 is 0 Å². The third-order valence-corrected chi connectivity index (χ3v) is 4.26.